The molecule has 2 N–H and O–H groups in total. The van der Waals surface area contributed by atoms with E-state index in [1.54, 1.807) is 24.3 Å². The van der Waals surface area contributed by atoms with Crippen LogP contribution in [-0.4, -0.2) is 34.7 Å². The molecular weight excluding hydrogens is 382 g/mol. The van der Waals surface area contributed by atoms with Gasteiger partial charge in [0.05, 0.1) is 0 Å². The van der Waals surface area contributed by atoms with Crippen molar-refractivity contribution in [1.29, 1.82) is 0 Å². The summed E-state index contributed by atoms with van der Waals surface area (Å²) in [4.78, 5) is 2.49. The number of rotatable bonds is 15. The lowest BCUT2D eigenvalue weighted by Crippen LogP contribution is -2.42. The minimum atomic E-state index is -0.157. The summed E-state index contributed by atoms with van der Waals surface area (Å²) in [6.07, 6.45) is 11.5. The lowest BCUT2D eigenvalue weighted by molar-refractivity contribution is 0.234. The van der Waals surface area contributed by atoms with Gasteiger partial charge in [-0.3, -0.25) is 0 Å². The van der Waals surface area contributed by atoms with E-state index in [4.69, 9.17) is 0 Å². The maximum absolute atomic E-state index is 9.89. The van der Waals surface area contributed by atoms with Crippen molar-refractivity contribution in [3.05, 3.63) is 59.7 Å². The number of unbranched alkanes of at least 4 members (excludes halogenated alkanes) is 7. The fourth-order valence-corrected chi connectivity index (χ4v) is 4.67. The summed E-state index contributed by atoms with van der Waals surface area (Å²) >= 11 is 0. The molecule has 0 radical (unpaired) electrons. The Bertz CT molecular complexity index is 674. The Kier molecular flexibility index (Phi) is 10.9. The third-order valence-electron chi connectivity index (χ3n) is 6.68. The van der Waals surface area contributed by atoms with Crippen LogP contribution in [0.5, 0.6) is 11.5 Å². The first-order valence-corrected chi connectivity index (χ1v) is 12.4. The highest BCUT2D eigenvalue weighted by Gasteiger charge is 2.35. The molecule has 0 heterocycles. The number of hydrogen-bond donors (Lipinski definition) is 2. The standard InChI is InChI=1S/C28H43NO2/c1-4-7-8-9-10-11-12-13-22-28(23-29(5-2)6-3,24-14-18-26(30)19-15-24)25-16-20-27(31)21-17-25/h14-21,30-31H,4-13,22-23H2,1-3H3. The van der Waals surface area contributed by atoms with Crippen LogP contribution in [-0.2, 0) is 5.41 Å². The van der Waals surface area contributed by atoms with Crippen molar-refractivity contribution in [2.75, 3.05) is 19.6 Å². The van der Waals surface area contributed by atoms with Crippen LogP contribution >= 0.6 is 0 Å². The van der Waals surface area contributed by atoms with Crippen LogP contribution in [0, 0.1) is 0 Å². The fraction of sp³-hybridized carbons (Fsp3) is 0.571. The van der Waals surface area contributed by atoms with Crippen molar-refractivity contribution < 1.29 is 10.2 Å². The molecule has 0 amide bonds. The molecule has 0 aliphatic heterocycles. The van der Waals surface area contributed by atoms with Crippen LogP contribution < -0.4 is 0 Å². The van der Waals surface area contributed by atoms with E-state index in [1.165, 1.54) is 62.5 Å². The molecule has 0 aliphatic rings. The van der Waals surface area contributed by atoms with Crippen LogP contribution in [0.1, 0.15) is 89.7 Å². The third kappa shape index (κ3) is 7.57. The van der Waals surface area contributed by atoms with Gasteiger partial charge < -0.3 is 15.1 Å². The lowest BCUT2D eigenvalue weighted by atomic mass is 9.70. The monoisotopic (exact) mass is 425 g/mol. The third-order valence-corrected chi connectivity index (χ3v) is 6.68. The van der Waals surface area contributed by atoms with Gasteiger partial charge >= 0.3 is 0 Å². The van der Waals surface area contributed by atoms with Crippen LogP contribution in [0.3, 0.4) is 0 Å². The van der Waals surface area contributed by atoms with Gasteiger partial charge in [0.15, 0.2) is 0 Å². The molecule has 0 saturated carbocycles. The molecule has 2 rings (SSSR count). The van der Waals surface area contributed by atoms with Gasteiger partial charge in [0.1, 0.15) is 11.5 Å². The van der Waals surface area contributed by atoms with Gasteiger partial charge in [-0.2, -0.15) is 0 Å². The van der Waals surface area contributed by atoms with Gasteiger partial charge in [0.2, 0.25) is 0 Å². The number of hydrogen-bond acceptors (Lipinski definition) is 3. The van der Waals surface area contributed by atoms with Crippen LogP contribution in [0.15, 0.2) is 48.5 Å². The van der Waals surface area contributed by atoms with E-state index in [0.717, 1.165) is 26.1 Å². The van der Waals surface area contributed by atoms with E-state index >= 15 is 0 Å². The molecule has 0 aromatic heterocycles. The van der Waals surface area contributed by atoms with Gasteiger partial charge in [-0.05, 0) is 54.9 Å². The Morgan fingerprint density at radius 1 is 0.613 bits per heavy atom. The van der Waals surface area contributed by atoms with Gasteiger partial charge in [0.25, 0.3) is 0 Å². The van der Waals surface area contributed by atoms with Crippen LogP contribution in [0.4, 0.5) is 0 Å². The highest BCUT2D eigenvalue weighted by molar-refractivity contribution is 5.43. The van der Waals surface area contributed by atoms with Crippen molar-refractivity contribution in [3.8, 4) is 11.5 Å². The predicted molar refractivity (Wildman–Crippen MR) is 132 cm³/mol. The van der Waals surface area contributed by atoms with E-state index in [1.807, 2.05) is 0 Å². The summed E-state index contributed by atoms with van der Waals surface area (Å²) in [7, 11) is 0. The van der Waals surface area contributed by atoms with E-state index in [0.29, 0.717) is 11.5 Å². The van der Waals surface area contributed by atoms with Crippen molar-refractivity contribution >= 4 is 0 Å². The SMILES string of the molecule is CCCCCCCCCCC(CN(CC)CC)(c1ccc(O)cc1)c1ccc(O)cc1. The van der Waals surface area contributed by atoms with Crippen molar-refractivity contribution in [1.82, 2.24) is 4.90 Å². The number of phenols is 2. The summed E-state index contributed by atoms with van der Waals surface area (Å²) in [5.41, 5.74) is 2.33. The van der Waals surface area contributed by atoms with E-state index < -0.39 is 0 Å². The zero-order chi connectivity index (χ0) is 22.5. The lowest BCUT2D eigenvalue weighted by Gasteiger charge is -2.39. The maximum atomic E-state index is 9.89. The van der Waals surface area contributed by atoms with Crippen molar-refractivity contribution in [2.45, 2.75) is 84.0 Å². The summed E-state index contributed by atoms with van der Waals surface area (Å²) in [5.74, 6) is 0.608. The Hall–Kier alpha value is -2.00. The second-order valence-electron chi connectivity index (χ2n) is 8.86. The molecule has 2 aromatic carbocycles. The van der Waals surface area contributed by atoms with Gasteiger partial charge in [-0.1, -0.05) is 96.4 Å². The molecule has 0 spiro atoms. The first-order valence-electron chi connectivity index (χ1n) is 12.4. The number of aromatic hydroxyl groups is 2. The Morgan fingerprint density at radius 2 is 1.03 bits per heavy atom. The maximum Gasteiger partial charge on any atom is 0.115 e. The molecule has 0 atom stereocenters. The molecule has 0 aliphatic carbocycles. The summed E-state index contributed by atoms with van der Waals surface area (Å²) < 4.78 is 0. The summed E-state index contributed by atoms with van der Waals surface area (Å²) in [6.45, 7) is 9.66. The Balaban J connectivity index is 2.26. The normalized spacial score (nSPS) is 11.9. The molecule has 2 aromatic rings. The molecule has 0 unspecified atom stereocenters. The largest absolute Gasteiger partial charge is 0.508 e. The number of phenolic OH excluding ortho intramolecular Hbond substituents is 2. The minimum absolute atomic E-state index is 0.157. The molecule has 0 saturated heterocycles. The first-order chi connectivity index (χ1) is 15.1. The van der Waals surface area contributed by atoms with Crippen LogP contribution in [0.2, 0.25) is 0 Å². The molecule has 0 bridgehead atoms. The zero-order valence-corrected chi connectivity index (χ0v) is 19.9. The molecular formula is C28H43NO2. The van der Waals surface area contributed by atoms with E-state index in [2.05, 4.69) is 49.9 Å². The van der Waals surface area contributed by atoms with Gasteiger partial charge in [-0.25, -0.2) is 0 Å². The minimum Gasteiger partial charge on any atom is -0.508 e. The molecule has 3 nitrogen and oxygen atoms in total. The summed E-state index contributed by atoms with van der Waals surface area (Å²) in [5, 5.41) is 19.8. The number of nitrogens with zero attached hydrogens (tertiary/aromatic N) is 1. The smallest absolute Gasteiger partial charge is 0.115 e. The second-order valence-corrected chi connectivity index (χ2v) is 8.86. The highest BCUT2D eigenvalue weighted by atomic mass is 16.3. The van der Waals surface area contributed by atoms with E-state index in [9.17, 15) is 10.2 Å². The highest BCUT2D eigenvalue weighted by Crippen LogP contribution is 2.39. The molecule has 0 fully saturated rings. The van der Waals surface area contributed by atoms with Gasteiger partial charge in [-0.15, -0.1) is 0 Å². The number of likely N-dealkylation sites (N-methyl/N-ethyl adjacent to an activating group) is 1. The average Bonchev–Trinajstić information content (AvgIpc) is 2.79. The first kappa shape index (κ1) is 25.3. The van der Waals surface area contributed by atoms with Crippen molar-refractivity contribution in [2.24, 2.45) is 0 Å². The topological polar surface area (TPSA) is 43.7 Å². The Morgan fingerprint density at radius 3 is 1.45 bits per heavy atom. The van der Waals surface area contributed by atoms with E-state index in [-0.39, 0.29) is 5.41 Å². The average molecular weight is 426 g/mol. The Labute approximate surface area is 190 Å². The summed E-state index contributed by atoms with van der Waals surface area (Å²) in [6, 6.07) is 15.5. The fourth-order valence-electron chi connectivity index (χ4n) is 4.67. The van der Waals surface area contributed by atoms with Gasteiger partial charge in [0, 0.05) is 12.0 Å². The predicted octanol–water partition coefficient (Wildman–Crippen LogP) is 7.26. The van der Waals surface area contributed by atoms with Crippen LogP contribution in [0.25, 0.3) is 0 Å². The second kappa shape index (κ2) is 13.4. The molecule has 172 valence electrons. The molecule has 31 heavy (non-hydrogen) atoms. The van der Waals surface area contributed by atoms with Crippen molar-refractivity contribution in [3.63, 3.8) is 0 Å². The quantitative estimate of drug-likeness (QED) is 0.295. The number of benzene rings is 2. The zero-order valence-electron chi connectivity index (χ0n) is 19.9. The molecule has 3 heteroatoms.